The SMILES string of the molecule is Cc1cc(C)c2[nH]c(=O)c(CN(Cc3ccc4c(c3)OCO4)Cc3nnnn3C(C)(C)C)cc2c1. The van der Waals surface area contributed by atoms with Crippen LogP contribution < -0.4 is 15.0 Å². The molecule has 0 radical (unpaired) electrons. The molecule has 0 aliphatic carbocycles. The number of aromatic nitrogens is 5. The van der Waals surface area contributed by atoms with Crippen molar-refractivity contribution in [2.75, 3.05) is 6.79 Å². The van der Waals surface area contributed by atoms with Gasteiger partial charge >= 0.3 is 0 Å². The number of nitrogens with one attached hydrogen (secondary N) is 1. The minimum Gasteiger partial charge on any atom is -0.454 e. The fourth-order valence-corrected chi connectivity index (χ4v) is 4.58. The first kappa shape index (κ1) is 23.0. The largest absolute Gasteiger partial charge is 0.454 e. The molecule has 1 N–H and O–H groups in total. The lowest BCUT2D eigenvalue weighted by atomic mass is 10.0. The Morgan fingerprint density at radius 2 is 1.83 bits per heavy atom. The summed E-state index contributed by atoms with van der Waals surface area (Å²) in [5, 5.41) is 13.4. The van der Waals surface area contributed by atoms with Crippen LogP contribution in [0.1, 0.15) is 48.8 Å². The number of H-pyrrole nitrogens is 1. The second-order valence-corrected chi connectivity index (χ2v) is 10.2. The van der Waals surface area contributed by atoms with Crippen LogP contribution in [0.5, 0.6) is 11.5 Å². The molecule has 0 unspecified atom stereocenters. The fourth-order valence-electron chi connectivity index (χ4n) is 4.58. The molecule has 2 aromatic heterocycles. The third-order valence-corrected chi connectivity index (χ3v) is 6.14. The number of aromatic amines is 1. The second kappa shape index (κ2) is 8.81. The van der Waals surface area contributed by atoms with Crippen molar-refractivity contribution in [3.05, 3.63) is 74.8 Å². The number of rotatable bonds is 6. The Morgan fingerprint density at radius 3 is 2.63 bits per heavy atom. The summed E-state index contributed by atoms with van der Waals surface area (Å²) in [6.07, 6.45) is 0. The molecule has 0 fully saturated rings. The van der Waals surface area contributed by atoms with Gasteiger partial charge in [-0.2, -0.15) is 0 Å². The lowest BCUT2D eigenvalue weighted by Gasteiger charge is -2.25. The van der Waals surface area contributed by atoms with E-state index in [1.165, 1.54) is 0 Å². The molecule has 2 aromatic carbocycles. The van der Waals surface area contributed by atoms with E-state index in [0.29, 0.717) is 25.2 Å². The number of ether oxygens (including phenoxy) is 2. The average Bonchev–Trinajstić information content (AvgIpc) is 3.43. The third-order valence-electron chi connectivity index (χ3n) is 6.14. The van der Waals surface area contributed by atoms with Crippen molar-refractivity contribution < 1.29 is 9.47 Å². The van der Waals surface area contributed by atoms with Crippen molar-refractivity contribution in [2.45, 2.75) is 59.8 Å². The molecule has 9 nitrogen and oxygen atoms in total. The molecule has 0 amide bonds. The molecule has 182 valence electrons. The summed E-state index contributed by atoms with van der Waals surface area (Å²) in [5.74, 6) is 2.22. The van der Waals surface area contributed by atoms with Crippen molar-refractivity contribution in [2.24, 2.45) is 0 Å². The van der Waals surface area contributed by atoms with Gasteiger partial charge in [-0.3, -0.25) is 9.69 Å². The van der Waals surface area contributed by atoms with E-state index in [1.807, 2.05) is 35.9 Å². The summed E-state index contributed by atoms with van der Waals surface area (Å²) in [5.41, 5.74) is 4.49. The van der Waals surface area contributed by atoms with E-state index in [0.717, 1.165) is 44.9 Å². The number of tetrazole rings is 1. The zero-order chi connectivity index (χ0) is 24.7. The fraction of sp³-hybridized carbons (Fsp3) is 0.385. The minimum atomic E-state index is -0.265. The Kier molecular flexibility index (Phi) is 5.80. The summed E-state index contributed by atoms with van der Waals surface area (Å²) in [4.78, 5) is 18.3. The number of aryl methyl sites for hydroxylation is 2. The molecule has 5 rings (SSSR count). The highest BCUT2D eigenvalue weighted by molar-refractivity contribution is 5.82. The van der Waals surface area contributed by atoms with E-state index in [1.54, 1.807) is 0 Å². The van der Waals surface area contributed by atoms with Gasteiger partial charge in [0.1, 0.15) is 0 Å². The molecule has 0 saturated heterocycles. The van der Waals surface area contributed by atoms with Gasteiger partial charge in [0, 0.05) is 18.7 Å². The summed E-state index contributed by atoms with van der Waals surface area (Å²) in [7, 11) is 0. The molecule has 0 spiro atoms. The van der Waals surface area contributed by atoms with Crippen molar-refractivity contribution in [1.82, 2.24) is 30.1 Å². The minimum absolute atomic E-state index is 0.0875. The van der Waals surface area contributed by atoms with Crippen LogP contribution in [0.2, 0.25) is 0 Å². The van der Waals surface area contributed by atoms with Gasteiger partial charge in [-0.15, -0.1) is 5.10 Å². The molecule has 0 saturated carbocycles. The maximum Gasteiger partial charge on any atom is 0.252 e. The molecular formula is C26H30N6O3. The first-order chi connectivity index (χ1) is 16.7. The van der Waals surface area contributed by atoms with Gasteiger partial charge in [0.15, 0.2) is 17.3 Å². The molecule has 1 aliphatic rings. The Labute approximate surface area is 203 Å². The Morgan fingerprint density at radius 1 is 1.03 bits per heavy atom. The maximum absolute atomic E-state index is 13.1. The van der Waals surface area contributed by atoms with Gasteiger partial charge in [-0.25, -0.2) is 4.68 Å². The van der Waals surface area contributed by atoms with Crippen LogP contribution in [-0.4, -0.2) is 36.9 Å². The van der Waals surface area contributed by atoms with Gasteiger partial charge in [0.25, 0.3) is 5.56 Å². The van der Waals surface area contributed by atoms with E-state index in [4.69, 9.17) is 9.47 Å². The van der Waals surface area contributed by atoms with Crippen LogP contribution in [0, 0.1) is 13.8 Å². The van der Waals surface area contributed by atoms with Gasteiger partial charge in [0.2, 0.25) is 6.79 Å². The predicted molar refractivity (Wildman–Crippen MR) is 132 cm³/mol. The molecule has 35 heavy (non-hydrogen) atoms. The average molecular weight is 475 g/mol. The summed E-state index contributed by atoms with van der Waals surface area (Å²) < 4.78 is 12.9. The smallest absolute Gasteiger partial charge is 0.252 e. The van der Waals surface area contributed by atoms with Gasteiger partial charge < -0.3 is 14.5 Å². The summed E-state index contributed by atoms with van der Waals surface area (Å²) in [6.45, 7) is 12.0. The topological polar surface area (TPSA) is 98.2 Å². The van der Waals surface area contributed by atoms with Crippen molar-refractivity contribution in [3.8, 4) is 11.5 Å². The zero-order valence-corrected chi connectivity index (χ0v) is 20.8. The molecule has 9 heteroatoms. The zero-order valence-electron chi connectivity index (χ0n) is 20.8. The van der Waals surface area contributed by atoms with Gasteiger partial charge in [-0.1, -0.05) is 17.7 Å². The van der Waals surface area contributed by atoms with E-state index < -0.39 is 0 Å². The van der Waals surface area contributed by atoms with Crippen LogP contribution in [0.3, 0.4) is 0 Å². The Bertz CT molecular complexity index is 1450. The van der Waals surface area contributed by atoms with Gasteiger partial charge in [0.05, 0.1) is 17.6 Å². The van der Waals surface area contributed by atoms with Crippen LogP contribution in [0.15, 0.2) is 41.2 Å². The second-order valence-electron chi connectivity index (χ2n) is 10.2. The highest BCUT2D eigenvalue weighted by atomic mass is 16.7. The maximum atomic E-state index is 13.1. The predicted octanol–water partition coefficient (Wildman–Crippen LogP) is 3.82. The lowest BCUT2D eigenvalue weighted by Crippen LogP contribution is -2.31. The monoisotopic (exact) mass is 474 g/mol. The Hall–Kier alpha value is -3.72. The van der Waals surface area contributed by atoms with Crippen LogP contribution >= 0.6 is 0 Å². The van der Waals surface area contributed by atoms with E-state index >= 15 is 0 Å². The number of fused-ring (bicyclic) bond motifs is 2. The number of nitrogens with zero attached hydrogens (tertiary/aromatic N) is 5. The molecular weight excluding hydrogens is 444 g/mol. The van der Waals surface area contributed by atoms with Crippen molar-refractivity contribution in [3.63, 3.8) is 0 Å². The van der Waals surface area contributed by atoms with Crippen LogP contribution in [-0.2, 0) is 25.2 Å². The number of pyridine rings is 1. The molecule has 3 heterocycles. The molecule has 1 aliphatic heterocycles. The first-order valence-electron chi connectivity index (χ1n) is 11.7. The van der Waals surface area contributed by atoms with Crippen molar-refractivity contribution in [1.29, 1.82) is 0 Å². The van der Waals surface area contributed by atoms with E-state index in [9.17, 15) is 4.79 Å². The highest BCUT2D eigenvalue weighted by Crippen LogP contribution is 2.33. The first-order valence-corrected chi connectivity index (χ1v) is 11.7. The molecule has 0 atom stereocenters. The van der Waals surface area contributed by atoms with Crippen LogP contribution in [0.4, 0.5) is 0 Å². The Balaban J connectivity index is 1.50. The van der Waals surface area contributed by atoms with Crippen molar-refractivity contribution >= 4 is 10.9 Å². The number of hydrogen-bond donors (Lipinski definition) is 1. The third kappa shape index (κ3) is 4.77. The lowest BCUT2D eigenvalue weighted by molar-refractivity contribution is 0.174. The standard InChI is InChI=1S/C26H30N6O3/c1-16-8-17(2)24-19(9-16)11-20(25(33)27-24)13-31(14-23-28-29-30-32(23)26(3,4)5)12-18-6-7-21-22(10-18)35-15-34-21/h6-11H,12-15H2,1-5H3,(H,27,33). The van der Waals surface area contributed by atoms with Gasteiger partial charge in [-0.05, 0) is 85.8 Å². The quantitative estimate of drug-likeness (QED) is 0.454. The highest BCUT2D eigenvalue weighted by Gasteiger charge is 2.23. The van der Waals surface area contributed by atoms with Crippen LogP contribution in [0.25, 0.3) is 10.9 Å². The number of benzene rings is 2. The molecule has 4 aromatic rings. The van der Waals surface area contributed by atoms with E-state index in [2.05, 4.69) is 65.2 Å². The van der Waals surface area contributed by atoms with E-state index in [-0.39, 0.29) is 17.9 Å². The summed E-state index contributed by atoms with van der Waals surface area (Å²) >= 11 is 0. The molecule has 0 bridgehead atoms. The summed E-state index contributed by atoms with van der Waals surface area (Å²) in [6, 6.07) is 12.1. The normalized spacial score (nSPS) is 13.2. The number of hydrogen-bond acceptors (Lipinski definition) is 7.